The number of amides is 2. The van der Waals surface area contributed by atoms with E-state index in [0.717, 1.165) is 0 Å². The standard InChI is InChI=1S/C23H20ClFN2O4/c1-12(16-3-2-4-18(25)21(16)24)26-22(30)13-5-7-17-14(9-13)11-27(23(17)31)19-8-6-15(28)10-20(19)29/h2-5,7,9,12,19H,6,8,10-11H2,1H3,(H,26,30)/t12-,19?/m0/s1. The molecule has 2 aromatic rings. The van der Waals surface area contributed by atoms with E-state index in [4.69, 9.17) is 11.6 Å². The van der Waals surface area contributed by atoms with Gasteiger partial charge in [-0.1, -0.05) is 23.7 Å². The lowest BCUT2D eigenvalue weighted by molar-refractivity contribution is -0.133. The van der Waals surface area contributed by atoms with Crippen molar-refractivity contribution in [2.45, 2.75) is 44.8 Å². The molecule has 8 heteroatoms. The highest BCUT2D eigenvalue weighted by Crippen LogP contribution is 2.30. The molecular formula is C23H20ClFN2O4. The van der Waals surface area contributed by atoms with Crippen molar-refractivity contribution in [1.82, 2.24) is 10.2 Å². The lowest BCUT2D eigenvalue weighted by atomic mass is 9.92. The van der Waals surface area contributed by atoms with Crippen LogP contribution in [0, 0.1) is 5.82 Å². The van der Waals surface area contributed by atoms with Crippen molar-refractivity contribution in [2.75, 3.05) is 0 Å². The number of hydrogen-bond acceptors (Lipinski definition) is 4. The van der Waals surface area contributed by atoms with Gasteiger partial charge < -0.3 is 10.2 Å². The van der Waals surface area contributed by atoms with E-state index >= 15 is 0 Å². The number of nitrogens with zero attached hydrogens (tertiary/aromatic N) is 1. The monoisotopic (exact) mass is 442 g/mol. The molecule has 6 nitrogen and oxygen atoms in total. The Labute approximate surface area is 183 Å². The van der Waals surface area contributed by atoms with E-state index < -0.39 is 17.9 Å². The quantitative estimate of drug-likeness (QED) is 0.733. The smallest absolute Gasteiger partial charge is 0.255 e. The van der Waals surface area contributed by atoms with Crippen molar-refractivity contribution >= 4 is 35.0 Å². The summed E-state index contributed by atoms with van der Waals surface area (Å²) >= 11 is 6.00. The maximum Gasteiger partial charge on any atom is 0.255 e. The predicted octanol–water partition coefficient (Wildman–Crippen LogP) is 3.62. The van der Waals surface area contributed by atoms with Crippen LogP contribution in [0.15, 0.2) is 36.4 Å². The second-order valence-electron chi connectivity index (χ2n) is 7.88. The summed E-state index contributed by atoms with van der Waals surface area (Å²) in [6.07, 6.45) is 0.473. The molecule has 1 aliphatic carbocycles. The van der Waals surface area contributed by atoms with Crippen molar-refractivity contribution in [3.8, 4) is 0 Å². The summed E-state index contributed by atoms with van der Waals surface area (Å²) in [5, 5.41) is 2.75. The third-order valence-electron chi connectivity index (χ3n) is 5.81. The number of nitrogens with one attached hydrogen (secondary N) is 1. The van der Waals surface area contributed by atoms with Gasteiger partial charge in [0, 0.05) is 24.1 Å². The van der Waals surface area contributed by atoms with Gasteiger partial charge in [0.25, 0.3) is 11.8 Å². The van der Waals surface area contributed by atoms with E-state index in [0.29, 0.717) is 28.7 Å². The second kappa shape index (κ2) is 8.23. The average Bonchev–Trinajstić information content (AvgIpc) is 3.05. The van der Waals surface area contributed by atoms with Gasteiger partial charge in [0.2, 0.25) is 0 Å². The first kappa shape index (κ1) is 21.2. The van der Waals surface area contributed by atoms with Crippen molar-refractivity contribution in [3.05, 3.63) is 69.5 Å². The van der Waals surface area contributed by atoms with Crippen LogP contribution in [0.1, 0.15) is 64.1 Å². The molecule has 1 unspecified atom stereocenters. The highest BCUT2D eigenvalue weighted by Gasteiger charge is 2.39. The zero-order valence-electron chi connectivity index (χ0n) is 16.8. The molecule has 0 saturated heterocycles. The number of halogens is 2. The molecule has 2 aliphatic rings. The van der Waals surface area contributed by atoms with Crippen LogP contribution in [-0.2, 0) is 16.1 Å². The number of ketones is 2. The summed E-state index contributed by atoms with van der Waals surface area (Å²) < 4.78 is 13.7. The van der Waals surface area contributed by atoms with E-state index in [1.54, 1.807) is 31.2 Å². The highest BCUT2D eigenvalue weighted by atomic mass is 35.5. The third-order valence-corrected chi connectivity index (χ3v) is 6.21. The molecule has 2 atom stereocenters. The maximum atomic E-state index is 13.7. The average molecular weight is 443 g/mol. The van der Waals surface area contributed by atoms with E-state index in [-0.39, 0.29) is 47.8 Å². The molecule has 4 rings (SSSR count). The first-order chi connectivity index (χ1) is 14.8. The molecule has 160 valence electrons. The van der Waals surface area contributed by atoms with Crippen LogP contribution in [0.4, 0.5) is 4.39 Å². The molecule has 0 aromatic heterocycles. The van der Waals surface area contributed by atoms with Gasteiger partial charge in [-0.2, -0.15) is 0 Å². The molecule has 31 heavy (non-hydrogen) atoms. The largest absolute Gasteiger partial charge is 0.345 e. The first-order valence-corrected chi connectivity index (χ1v) is 10.4. The Morgan fingerprint density at radius 1 is 1.23 bits per heavy atom. The predicted molar refractivity (Wildman–Crippen MR) is 111 cm³/mol. The Hall–Kier alpha value is -3.06. The third kappa shape index (κ3) is 3.97. The van der Waals surface area contributed by atoms with Crippen molar-refractivity contribution in [3.63, 3.8) is 0 Å². The van der Waals surface area contributed by atoms with Gasteiger partial charge in [0.05, 0.1) is 23.5 Å². The Kier molecular flexibility index (Phi) is 5.62. The molecule has 2 amide bonds. The minimum Gasteiger partial charge on any atom is -0.345 e. The van der Waals surface area contributed by atoms with E-state index in [1.807, 2.05) is 0 Å². The molecule has 1 N–H and O–H groups in total. The number of Topliss-reactive ketones (excluding diaryl/α,β-unsaturated/α-hetero) is 2. The van der Waals surface area contributed by atoms with Gasteiger partial charge in [-0.3, -0.25) is 19.2 Å². The van der Waals surface area contributed by atoms with Crippen LogP contribution in [0.5, 0.6) is 0 Å². The number of benzene rings is 2. The number of carbonyl (C=O) groups excluding carboxylic acids is 4. The van der Waals surface area contributed by atoms with Crippen LogP contribution in [0.25, 0.3) is 0 Å². The van der Waals surface area contributed by atoms with Gasteiger partial charge >= 0.3 is 0 Å². The number of rotatable bonds is 4. The molecule has 1 heterocycles. The second-order valence-corrected chi connectivity index (χ2v) is 8.26. The SMILES string of the molecule is C[C@H](NC(=O)c1ccc2c(c1)CN(C1CCC(=O)CC1=O)C2=O)c1cccc(F)c1Cl. The normalized spacial score (nSPS) is 19.4. The molecule has 1 fully saturated rings. The fourth-order valence-corrected chi connectivity index (χ4v) is 4.43. The van der Waals surface area contributed by atoms with Gasteiger partial charge in [-0.15, -0.1) is 0 Å². The van der Waals surface area contributed by atoms with Crippen molar-refractivity contribution in [1.29, 1.82) is 0 Å². The summed E-state index contributed by atoms with van der Waals surface area (Å²) in [5.41, 5.74) is 1.90. The van der Waals surface area contributed by atoms with Crippen LogP contribution >= 0.6 is 11.6 Å². The molecule has 2 aromatic carbocycles. The summed E-state index contributed by atoms with van der Waals surface area (Å²) in [5.74, 6) is -1.56. The van der Waals surface area contributed by atoms with E-state index in [9.17, 15) is 23.6 Å². The van der Waals surface area contributed by atoms with Crippen LogP contribution < -0.4 is 5.32 Å². The fourth-order valence-electron chi connectivity index (χ4n) is 4.14. The summed E-state index contributed by atoms with van der Waals surface area (Å²) in [7, 11) is 0. The zero-order chi connectivity index (χ0) is 22.3. The van der Waals surface area contributed by atoms with E-state index in [2.05, 4.69) is 5.32 Å². The molecule has 0 bridgehead atoms. The summed E-state index contributed by atoms with van der Waals surface area (Å²) in [6, 6.07) is 8.02. The number of carbonyl (C=O) groups is 4. The summed E-state index contributed by atoms with van der Waals surface area (Å²) in [6.45, 7) is 1.92. The van der Waals surface area contributed by atoms with Crippen molar-refractivity contribution < 1.29 is 23.6 Å². The lowest BCUT2D eigenvalue weighted by Crippen LogP contribution is -2.44. The van der Waals surface area contributed by atoms with Crippen LogP contribution in [0.2, 0.25) is 5.02 Å². The van der Waals surface area contributed by atoms with Crippen LogP contribution in [0.3, 0.4) is 0 Å². The Morgan fingerprint density at radius 2 is 2.00 bits per heavy atom. The van der Waals surface area contributed by atoms with Gasteiger partial charge in [0.15, 0.2) is 5.78 Å². The lowest BCUT2D eigenvalue weighted by Gasteiger charge is -2.29. The molecule has 0 spiro atoms. The number of fused-ring (bicyclic) bond motifs is 1. The van der Waals surface area contributed by atoms with Crippen LogP contribution in [-0.4, -0.2) is 34.3 Å². The van der Waals surface area contributed by atoms with Crippen molar-refractivity contribution in [2.24, 2.45) is 0 Å². The molecular weight excluding hydrogens is 423 g/mol. The number of hydrogen-bond donors (Lipinski definition) is 1. The van der Waals surface area contributed by atoms with Gasteiger partial charge in [-0.05, 0) is 48.7 Å². The van der Waals surface area contributed by atoms with Gasteiger partial charge in [-0.25, -0.2) is 4.39 Å². The minimum absolute atomic E-state index is 0.0406. The molecule has 1 aliphatic heterocycles. The molecule has 0 radical (unpaired) electrons. The minimum atomic E-state index is -0.606. The Balaban J connectivity index is 1.50. The van der Waals surface area contributed by atoms with E-state index in [1.165, 1.54) is 17.0 Å². The molecule has 1 saturated carbocycles. The fraction of sp³-hybridized carbons (Fsp3) is 0.304. The highest BCUT2D eigenvalue weighted by molar-refractivity contribution is 6.31. The Morgan fingerprint density at radius 3 is 2.74 bits per heavy atom. The van der Waals surface area contributed by atoms with Gasteiger partial charge in [0.1, 0.15) is 11.6 Å². The first-order valence-electron chi connectivity index (χ1n) is 9.99. The topological polar surface area (TPSA) is 83.6 Å². The zero-order valence-corrected chi connectivity index (χ0v) is 17.5. The Bertz CT molecular complexity index is 1120. The maximum absolute atomic E-state index is 13.7. The summed E-state index contributed by atoms with van der Waals surface area (Å²) in [4.78, 5) is 50.7.